The highest BCUT2D eigenvalue weighted by molar-refractivity contribution is 7.98. The minimum Gasteiger partial charge on any atom is -0.366 e. The van der Waals surface area contributed by atoms with Crippen molar-refractivity contribution in [3.8, 4) is 0 Å². The number of amides is 3. The fourth-order valence-corrected chi connectivity index (χ4v) is 3.37. The first-order valence-electron chi connectivity index (χ1n) is 8.34. The van der Waals surface area contributed by atoms with Crippen LogP contribution in [0.3, 0.4) is 0 Å². The maximum absolute atomic E-state index is 13.9. The van der Waals surface area contributed by atoms with Crippen molar-refractivity contribution in [3.05, 3.63) is 53.6 Å². The van der Waals surface area contributed by atoms with Crippen molar-refractivity contribution < 1.29 is 23.2 Å². The van der Waals surface area contributed by atoms with E-state index in [-0.39, 0.29) is 24.6 Å². The summed E-state index contributed by atoms with van der Waals surface area (Å²) in [6.07, 6.45) is 1.90. The Morgan fingerprint density at radius 2 is 1.86 bits per heavy atom. The lowest BCUT2D eigenvalue weighted by molar-refractivity contribution is -0.122. The van der Waals surface area contributed by atoms with Crippen molar-refractivity contribution in [2.75, 3.05) is 23.0 Å². The van der Waals surface area contributed by atoms with E-state index in [2.05, 4.69) is 5.32 Å². The predicted octanol–water partition coefficient (Wildman–Crippen LogP) is 2.78. The first-order valence-corrected chi connectivity index (χ1v) is 9.56. The summed E-state index contributed by atoms with van der Waals surface area (Å²) in [4.78, 5) is 38.5. The van der Waals surface area contributed by atoms with Crippen LogP contribution in [0.5, 0.6) is 0 Å². The van der Waals surface area contributed by atoms with E-state index in [1.165, 1.54) is 4.90 Å². The van der Waals surface area contributed by atoms with Crippen LogP contribution in [0.1, 0.15) is 16.8 Å². The molecule has 0 aliphatic carbocycles. The van der Waals surface area contributed by atoms with E-state index in [4.69, 9.17) is 5.73 Å². The molecule has 1 fully saturated rings. The molecule has 2 aromatic carbocycles. The number of carbonyl (C=O) groups excluding carboxylic acids is 3. The standard InChI is InChI=1S/C19H17F2N3O3S/c1-28-12-4-2-11(3-5-12)24-9-10(6-17(24)25)19(27)23-16-7-13(18(22)26)14(20)8-15(16)21/h2-5,7-8,10H,6,9H2,1H3,(H2,22,26)(H,23,27). The van der Waals surface area contributed by atoms with Crippen LogP contribution in [-0.2, 0) is 9.59 Å². The van der Waals surface area contributed by atoms with Crippen LogP contribution in [-0.4, -0.2) is 30.5 Å². The SMILES string of the molecule is CSc1ccc(N2CC(C(=O)Nc3cc(C(N)=O)c(F)cc3F)CC2=O)cc1. The predicted molar refractivity (Wildman–Crippen MR) is 102 cm³/mol. The lowest BCUT2D eigenvalue weighted by Gasteiger charge is -2.17. The van der Waals surface area contributed by atoms with E-state index in [1.54, 1.807) is 23.9 Å². The molecule has 1 saturated heterocycles. The number of halogens is 2. The molecule has 0 radical (unpaired) electrons. The largest absolute Gasteiger partial charge is 0.366 e. The zero-order chi connectivity index (χ0) is 20.4. The summed E-state index contributed by atoms with van der Waals surface area (Å²) < 4.78 is 27.5. The molecule has 28 heavy (non-hydrogen) atoms. The van der Waals surface area contributed by atoms with Gasteiger partial charge in [-0.3, -0.25) is 14.4 Å². The molecule has 3 amide bonds. The number of hydrogen-bond acceptors (Lipinski definition) is 4. The number of nitrogens with two attached hydrogens (primary N) is 1. The maximum Gasteiger partial charge on any atom is 0.251 e. The van der Waals surface area contributed by atoms with Gasteiger partial charge in [0, 0.05) is 29.6 Å². The molecule has 6 nitrogen and oxygen atoms in total. The normalized spacial score (nSPS) is 16.3. The number of rotatable bonds is 5. The molecule has 3 N–H and O–H groups in total. The summed E-state index contributed by atoms with van der Waals surface area (Å²) in [6.45, 7) is 0.134. The van der Waals surface area contributed by atoms with Gasteiger partial charge in [0.25, 0.3) is 5.91 Å². The zero-order valence-corrected chi connectivity index (χ0v) is 15.7. The van der Waals surface area contributed by atoms with Gasteiger partial charge in [-0.15, -0.1) is 11.8 Å². The van der Waals surface area contributed by atoms with E-state index in [9.17, 15) is 23.2 Å². The van der Waals surface area contributed by atoms with Gasteiger partial charge >= 0.3 is 0 Å². The Balaban J connectivity index is 1.74. The van der Waals surface area contributed by atoms with E-state index >= 15 is 0 Å². The molecular weight excluding hydrogens is 388 g/mol. The van der Waals surface area contributed by atoms with Crippen LogP contribution in [0.15, 0.2) is 41.3 Å². The summed E-state index contributed by atoms with van der Waals surface area (Å²) in [5.74, 6) is -4.77. The average molecular weight is 405 g/mol. The molecule has 3 rings (SSSR count). The van der Waals surface area contributed by atoms with E-state index < -0.39 is 34.9 Å². The van der Waals surface area contributed by atoms with Crippen molar-refractivity contribution in [3.63, 3.8) is 0 Å². The molecule has 1 atom stereocenters. The molecule has 1 aliphatic rings. The van der Waals surface area contributed by atoms with Crippen molar-refractivity contribution in [1.29, 1.82) is 0 Å². The monoisotopic (exact) mass is 405 g/mol. The van der Waals surface area contributed by atoms with E-state index in [0.29, 0.717) is 11.8 Å². The smallest absolute Gasteiger partial charge is 0.251 e. The highest BCUT2D eigenvalue weighted by atomic mass is 32.2. The molecule has 1 aliphatic heterocycles. The molecular formula is C19H17F2N3O3S. The van der Waals surface area contributed by atoms with Crippen LogP contribution >= 0.6 is 11.8 Å². The first-order chi connectivity index (χ1) is 13.3. The molecule has 1 unspecified atom stereocenters. The van der Waals surface area contributed by atoms with Crippen LogP contribution in [0.25, 0.3) is 0 Å². The lowest BCUT2D eigenvalue weighted by atomic mass is 10.1. The van der Waals surface area contributed by atoms with Gasteiger partial charge < -0.3 is 16.0 Å². The number of nitrogens with one attached hydrogen (secondary N) is 1. The third kappa shape index (κ3) is 3.99. The molecule has 0 bridgehead atoms. The summed E-state index contributed by atoms with van der Waals surface area (Å²) in [6, 6.07) is 8.67. The summed E-state index contributed by atoms with van der Waals surface area (Å²) in [5.41, 5.74) is 4.81. The second-order valence-corrected chi connectivity index (χ2v) is 7.15. The molecule has 0 aromatic heterocycles. The van der Waals surface area contributed by atoms with Gasteiger partial charge in [-0.1, -0.05) is 0 Å². The molecule has 0 saturated carbocycles. The molecule has 0 spiro atoms. The quantitative estimate of drug-likeness (QED) is 0.749. The van der Waals surface area contributed by atoms with Gasteiger partial charge in [-0.25, -0.2) is 8.78 Å². The number of carbonyl (C=O) groups is 3. The van der Waals surface area contributed by atoms with Crippen LogP contribution in [0.4, 0.5) is 20.2 Å². The maximum atomic E-state index is 13.9. The molecule has 9 heteroatoms. The fourth-order valence-electron chi connectivity index (χ4n) is 2.96. The molecule has 146 valence electrons. The zero-order valence-electron chi connectivity index (χ0n) is 14.9. The minimum absolute atomic E-state index is 0.0401. The van der Waals surface area contributed by atoms with Crippen molar-refractivity contribution in [2.24, 2.45) is 11.7 Å². The number of anilines is 2. The van der Waals surface area contributed by atoms with Gasteiger partial charge in [0.05, 0.1) is 17.2 Å². The summed E-state index contributed by atoms with van der Waals surface area (Å²) in [5, 5.41) is 2.31. The van der Waals surface area contributed by atoms with Crippen LogP contribution in [0.2, 0.25) is 0 Å². The van der Waals surface area contributed by atoms with Gasteiger partial charge in [0.2, 0.25) is 11.8 Å². The Labute approximate surface area is 164 Å². The number of benzene rings is 2. The number of hydrogen-bond donors (Lipinski definition) is 2. The van der Waals surface area contributed by atoms with Gasteiger partial charge in [0.15, 0.2) is 0 Å². The average Bonchev–Trinajstić information content (AvgIpc) is 3.05. The van der Waals surface area contributed by atoms with Gasteiger partial charge in [-0.2, -0.15) is 0 Å². The van der Waals surface area contributed by atoms with Crippen molar-refractivity contribution >= 4 is 40.9 Å². The Morgan fingerprint density at radius 1 is 1.18 bits per heavy atom. The summed E-state index contributed by atoms with van der Waals surface area (Å²) >= 11 is 1.57. The van der Waals surface area contributed by atoms with Crippen molar-refractivity contribution in [1.82, 2.24) is 0 Å². The van der Waals surface area contributed by atoms with Crippen LogP contribution < -0.4 is 16.0 Å². The van der Waals surface area contributed by atoms with E-state index in [0.717, 1.165) is 11.0 Å². The molecule has 1 heterocycles. The number of primary amides is 1. The third-order valence-electron chi connectivity index (χ3n) is 4.46. The molecule has 2 aromatic rings. The highest BCUT2D eigenvalue weighted by Crippen LogP contribution is 2.28. The Kier molecular flexibility index (Phi) is 5.64. The highest BCUT2D eigenvalue weighted by Gasteiger charge is 2.35. The minimum atomic E-state index is -1.11. The second kappa shape index (κ2) is 7.97. The van der Waals surface area contributed by atoms with Crippen molar-refractivity contribution in [2.45, 2.75) is 11.3 Å². The Bertz CT molecular complexity index is 950. The topological polar surface area (TPSA) is 92.5 Å². The van der Waals surface area contributed by atoms with Crippen LogP contribution in [0, 0.1) is 17.6 Å². The fraction of sp³-hybridized carbons (Fsp3) is 0.211. The third-order valence-corrected chi connectivity index (χ3v) is 5.20. The Morgan fingerprint density at radius 3 is 2.46 bits per heavy atom. The number of nitrogens with zero attached hydrogens (tertiary/aromatic N) is 1. The van der Waals surface area contributed by atoms with Gasteiger partial charge in [0.1, 0.15) is 11.6 Å². The second-order valence-electron chi connectivity index (χ2n) is 6.27. The lowest BCUT2D eigenvalue weighted by Crippen LogP contribution is -2.28. The first kappa shape index (κ1) is 19.8. The van der Waals surface area contributed by atoms with Gasteiger partial charge in [-0.05, 0) is 36.6 Å². The summed E-state index contributed by atoms with van der Waals surface area (Å²) in [7, 11) is 0. The Hall–Kier alpha value is -2.94. The van der Waals surface area contributed by atoms with E-state index in [1.807, 2.05) is 18.4 Å². The number of thioether (sulfide) groups is 1.